The van der Waals surface area contributed by atoms with Crippen molar-refractivity contribution in [2.24, 2.45) is 0 Å². The molecule has 2 aromatic rings. The molecule has 1 heterocycles. The number of thiophene rings is 1. The minimum Gasteiger partial charge on any atom is -0.506 e. The van der Waals surface area contributed by atoms with Gasteiger partial charge in [-0.05, 0) is 12.1 Å². The number of Topliss-reactive ketones (excluding diaryl/α,β-unsaturated/α-hetero) is 1. The fourth-order valence-electron chi connectivity index (χ4n) is 1.37. The van der Waals surface area contributed by atoms with E-state index in [1.807, 2.05) is 12.1 Å². The van der Waals surface area contributed by atoms with Gasteiger partial charge in [0.2, 0.25) is 0 Å². The maximum atomic E-state index is 11.5. The molecule has 0 fully saturated rings. The van der Waals surface area contributed by atoms with Gasteiger partial charge in [-0.2, -0.15) is 5.26 Å². The van der Waals surface area contributed by atoms with Gasteiger partial charge in [0.15, 0.2) is 5.78 Å². The van der Waals surface area contributed by atoms with Crippen LogP contribution in [0, 0.1) is 11.3 Å². The fourth-order valence-corrected chi connectivity index (χ4v) is 2.41. The lowest BCUT2D eigenvalue weighted by molar-refractivity contribution is 0.0999. The molecule has 1 aromatic carbocycles. The van der Waals surface area contributed by atoms with Crippen LogP contribution in [0.5, 0.6) is 5.75 Å². The lowest BCUT2D eigenvalue weighted by Crippen LogP contribution is -1.93. The van der Waals surface area contributed by atoms with Crippen LogP contribution in [0.25, 0.3) is 10.1 Å². The summed E-state index contributed by atoms with van der Waals surface area (Å²) in [6.45, 7) is 0. The number of hydrogen-bond donors (Lipinski definition) is 1. The predicted octanol–water partition coefficient (Wildman–Crippen LogP) is 2.70. The molecule has 0 unspecified atom stereocenters. The first-order valence-corrected chi connectivity index (χ1v) is 5.16. The Hall–Kier alpha value is -1.86. The number of nitrogens with zero attached hydrogens (tertiary/aromatic N) is 1. The third kappa shape index (κ3) is 1.58. The van der Waals surface area contributed by atoms with Crippen molar-refractivity contribution in [2.45, 2.75) is 6.42 Å². The van der Waals surface area contributed by atoms with Crippen LogP contribution in [0.1, 0.15) is 16.1 Å². The van der Waals surface area contributed by atoms with Crippen molar-refractivity contribution in [3.8, 4) is 11.8 Å². The minimum absolute atomic E-state index is 0.00384. The molecule has 15 heavy (non-hydrogen) atoms. The molecule has 1 N–H and O–H groups in total. The maximum Gasteiger partial charge on any atom is 0.190 e. The number of fused-ring (bicyclic) bond motifs is 1. The zero-order valence-electron chi connectivity index (χ0n) is 7.73. The first kappa shape index (κ1) is 9.69. The van der Waals surface area contributed by atoms with Crippen LogP contribution in [0.15, 0.2) is 24.3 Å². The van der Waals surface area contributed by atoms with E-state index in [0.29, 0.717) is 5.39 Å². The zero-order valence-corrected chi connectivity index (χ0v) is 8.54. The molecule has 74 valence electrons. The minimum atomic E-state index is -0.323. The van der Waals surface area contributed by atoms with Crippen LogP contribution in [-0.2, 0) is 0 Å². The van der Waals surface area contributed by atoms with E-state index in [0.717, 1.165) is 4.70 Å². The number of hydrogen-bond acceptors (Lipinski definition) is 4. The smallest absolute Gasteiger partial charge is 0.190 e. The maximum absolute atomic E-state index is 11.5. The predicted molar refractivity (Wildman–Crippen MR) is 58.1 cm³/mol. The molecular formula is C11H7NO2S. The van der Waals surface area contributed by atoms with Crippen molar-refractivity contribution in [1.29, 1.82) is 5.26 Å². The number of nitriles is 1. The van der Waals surface area contributed by atoms with Gasteiger partial charge in [0.25, 0.3) is 0 Å². The van der Waals surface area contributed by atoms with Crippen molar-refractivity contribution in [2.75, 3.05) is 0 Å². The largest absolute Gasteiger partial charge is 0.506 e. The van der Waals surface area contributed by atoms with E-state index in [9.17, 15) is 9.90 Å². The van der Waals surface area contributed by atoms with E-state index < -0.39 is 0 Å². The Bertz CT molecular complexity index is 565. The summed E-state index contributed by atoms with van der Waals surface area (Å²) in [5.41, 5.74) is 0. The topological polar surface area (TPSA) is 61.1 Å². The van der Waals surface area contributed by atoms with Crippen LogP contribution < -0.4 is 0 Å². The molecule has 0 aliphatic heterocycles. The number of aromatic hydroxyl groups is 1. The Labute approximate surface area is 90.2 Å². The lowest BCUT2D eigenvalue weighted by atomic mass is 10.2. The number of carbonyl (C=O) groups excluding carboxylic acids is 1. The van der Waals surface area contributed by atoms with Crippen LogP contribution in [0.4, 0.5) is 0 Å². The number of benzene rings is 1. The van der Waals surface area contributed by atoms with Gasteiger partial charge >= 0.3 is 0 Å². The van der Waals surface area contributed by atoms with E-state index >= 15 is 0 Å². The van der Waals surface area contributed by atoms with Gasteiger partial charge in [0.05, 0.1) is 12.5 Å². The summed E-state index contributed by atoms with van der Waals surface area (Å²) in [6, 6.07) is 9.02. The third-order valence-corrected chi connectivity index (χ3v) is 3.26. The highest BCUT2D eigenvalue weighted by atomic mass is 32.1. The van der Waals surface area contributed by atoms with Crippen molar-refractivity contribution in [1.82, 2.24) is 0 Å². The van der Waals surface area contributed by atoms with Gasteiger partial charge in [-0.3, -0.25) is 4.79 Å². The Morgan fingerprint density at radius 3 is 2.87 bits per heavy atom. The van der Waals surface area contributed by atoms with Gasteiger partial charge in [0.1, 0.15) is 10.6 Å². The molecule has 0 bridgehead atoms. The van der Waals surface area contributed by atoms with Crippen molar-refractivity contribution >= 4 is 27.2 Å². The van der Waals surface area contributed by atoms with Crippen LogP contribution in [-0.4, -0.2) is 10.9 Å². The average Bonchev–Trinajstić information content (AvgIpc) is 2.57. The third-order valence-electron chi connectivity index (χ3n) is 2.06. The Balaban J connectivity index is 2.59. The number of carbonyl (C=O) groups is 1. The summed E-state index contributed by atoms with van der Waals surface area (Å²) in [5.74, 6) is -0.327. The highest BCUT2D eigenvalue weighted by Crippen LogP contribution is 2.37. The Kier molecular flexibility index (Phi) is 2.40. The molecule has 0 radical (unpaired) electrons. The second-order valence-electron chi connectivity index (χ2n) is 3.03. The van der Waals surface area contributed by atoms with E-state index in [-0.39, 0.29) is 22.8 Å². The first-order chi connectivity index (χ1) is 7.24. The molecule has 2 rings (SSSR count). The molecule has 0 saturated heterocycles. The van der Waals surface area contributed by atoms with Crippen molar-refractivity contribution in [3.05, 3.63) is 29.1 Å². The van der Waals surface area contributed by atoms with E-state index in [4.69, 9.17) is 5.26 Å². The Morgan fingerprint density at radius 2 is 2.20 bits per heavy atom. The molecule has 1 aromatic heterocycles. The quantitative estimate of drug-likeness (QED) is 0.787. The van der Waals surface area contributed by atoms with Gasteiger partial charge in [0, 0.05) is 10.1 Å². The number of rotatable bonds is 2. The summed E-state index contributed by atoms with van der Waals surface area (Å²) in [4.78, 5) is 11.7. The summed E-state index contributed by atoms with van der Waals surface area (Å²) in [5, 5.41) is 18.9. The van der Waals surface area contributed by atoms with E-state index in [2.05, 4.69) is 0 Å². The molecular weight excluding hydrogens is 210 g/mol. The van der Waals surface area contributed by atoms with Gasteiger partial charge in [-0.25, -0.2) is 0 Å². The van der Waals surface area contributed by atoms with Crippen LogP contribution >= 0.6 is 11.3 Å². The molecule has 0 aliphatic rings. The first-order valence-electron chi connectivity index (χ1n) is 4.34. The summed E-state index contributed by atoms with van der Waals surface area (Å²) >= 11 is 1.22. The summed E-state index contributed by atoms with van der Waals surface area (Å²) in [6.07, 6.45) is -0.194. The van der Waals surface area contributed by atoms with Crippen molar-refractivity contribution < 1.29 is 9.90 Å². The summed E-state index contributed by atoms with van der Waals surface area (Å²) < 4.78 is 0.858. The average molecular weight is 217 g/mol. The Morgan fingerprint density at radius 1 is 1.47 bits per heavy atom. The highest BCUT2D eigenvalue weighted by molar-refractivity contribution is 7.21. The van der Waals surface area contributed by atoms with Crippen LogP contribution in [0.3, 0.4) is 0 Å². The number of ketones is 1. The molecule has 0 spiro atoms. The van der Waals surface area contributed by atoms with Crippen LogP contribution in [0.2, 0.25) is 0 Å². The SMILES string of the molecule is N#CCC(=O)c1sc2ccccc2c1O. The standard InChI is InChI=1S/C11H7NO2S/c12-6-5-8(13)11-10(14)7-3-1-2-4-9(7)15-11/h1-4,14H,5H2. The second kappa shape index (κ2) is 3.71. The van der Waals surface area contributed by atoms with Crippen molar-refractivity contribution in [3.63, 3.8) is 0 Å². The highest BCUT2D eigenvalue weighted by Gasteiger charge is 2.16. The fraction of sp³-hybridized carbons (Fsp3) is 0.0909. The molecule has 0 amide bonds. The monoisotopic (exact) mass is 217 g/mol. The molecule has 0 atom stereocenters. The molecule has 3 nitrogen and oxygen atoms in total. The van der Waals surface area contributed by atoms with Gasteiger partial charge in [-0.1, -0.05) is 12.1 Å². The van der Waals surface area contributed by atoms with E-state index in [1.54, 1.807) is 18.2 Å². The normalized spacial score (nSPS) is 10.1. The second-order valence-corrected chi connectivity index (χ2v) is 4.09. The molecule has 4 heteroatoms. The van der Waals surface area contributed by atoms with Gasteiger partial charge in [-0.15, -0.1) is 11.3 Å². The lowest BCUT2D eigenvalue weighted by Gasteiger charge is -1.91. The summed E-state index contributed by atoms with van der Waals surface area (Å²) in [7, 11) is 0. The molecule has 0 saturated carbocycles. The van der Waals surface area contributed by atoms with E-state index in [1.165, 1.54) is 11.3 Å². The zero-order chi connectivity index (χ0) is 10.8. The molecule has 0 aliphatic carbocycles. The van der Waals surface area contributed by atoms with Gasteiger partial charge < -0.3 is 5.11 Å².